The first-order valence-corrected chi connectivity index (χ1v) is 7.55. The summed E-state index contributed by atoms with van der Waals surface area (Å²) < 4.78 is 26.1. The van der Waals surface area contributed by atoms with Gasteiger partial charge in [-0.2, -0.15) is 0 Å². The van der Waals surface area contributed by atoms with E-state index in [1.54, 1.807) is 48.5 Å². The minimum absolute atomic E-state index is 0.250. The summed E-state index contributed by atoms with van der Waals surface area (Å²) >= 11 is 6.03. The molecule has 0 saturated heterocycles. The number of hydrogen-bond donors (Lipinski definition) is 0. The van der Waals surface area contributed by atoms with Gasteiger partial charge in [-0.25, -0.2) is 8.42 Å². The Kier molecular flexibility index (Phi) is 3.83. The van der Waals surface area contributed by atoms with Crippen LogP contribution in [0.1, 0.15) is 5.56 Å². The molecular weight excluding hydrogens is 282 g/mol. The van der Waals surface area contributed by atoms with Gasteiger partial charge in [-0.3, -0.25) is 4.31 Å². The second-order valence-corrected chi connectivity index (χ2v) is 6.61. The van der Waals surface area contributed by atoms with Gasteiger partial charge in [0.15, 0.2) is 0 Å². The molecule has 0 radical (unpaired) electrons. The molecule has 0 aliphatic rings. The molecule has 0 N–H and O–H groups in total. The Bertz CT molecular complexity index is 681. The van der Waals surface area contributed by atoms with Crippen molar-refractivity contribution in [2.75, 3.05) is 11.4 Å². The summed E-state index contributed by atoms with van der Waals surface area (Å²) in [4.78, 5) is 0.250. The number of halogens is 1. The first kappa shape index (κ1) is 13.9. The lowest BCUT2D eigenvalue weighted by atomic mass is 10.2. The zero-order chi connectivity index (χ0) is 14.0. The number of benzene rings is 2. The van der Waals surface area contributed by atoms with E-state index >= 15 is 0 Å². The van der Waals surface area contributed by atoms with Crippen molar-refractivity contribution in [3.8, 4) is 0 Å². The number of para-hydroxylation sites is 1. The van der Waals surface area contributed by atoms with Gasteiger partial charge in [0.2, 0.25) is 0 Å². The SMILES string of the molecule is Cc1ccc(S(=O)(=O)N(C)c2ccccc2Cl)cc1. The van der Waals surface area contributed by atoms with Crippen LogP contribution in [0, 0.1) is 6.92 Å². The van der Waals surface area contributed by atoms with E-state index in [0.29, 0.717) is 10.7 Å². The molecule has 0 amide bonds. The summed E-state index contributed by atoms with van der Waals surface area (Å²) in [6, 6.07) is 13.6. The minimum atomic E-state index is -3.58. The average molecular weight is 296 g/mol. The highest BCUT2D eigenvalue weighted by Gasteiger charge is 2.22. The highest BCUT2D eigenvalue weighted by molar-refractivity contribution is 7.92. The summed E-state index contributed by atoms with van der Waals surface area (Å²) in [6.45, 7) is 1.91. The molecule has 0 fully saturated rings. The van der Waals surface area contributed by atoms with E-state index in [-0.39, 0.29) is 4.90 Å². The second-order valence-electron chi connectivity index (χ2n) is 4.24. The number of aryl methyl sites for hydroxylation is 1. The van der Waals surface area contributed by atoms with Crippen LogP contribution in [-0.4, -0.2) is 15.5 Å². The Labute approximate surface area is 118 Å². The molecule has 0 heterocycles. The molecule has 2 aromatic carbocycles. The summed E-state index contributed by atoms with van der Waals surface area (Å²) in [5, 5.41) is 0.403. The van der Waals surface area contributed by atoms with Gasteiger partial charge in [0.05, 0.1) is 15.6 Å². The summed E-state index contributed by atoms with van der Waals surface area (Å²) in [5.74, 6) is 0. The van der Waals surface area contributed by atoms with E-state index in [0.717, 1.165) is 5.56 Å². The number of anilines is 1. The third-order valence-corrected chi connectivity index (χ3v) is 4.98. The van der Waals surface area contributed by atoms with Crippen LogP contribution >= 0.6 is 11.6 Å². The van der Waals surface area contributed by atoms with E-state index in [4.69, 9.17) is 11.6 Å². The molecule has 2 rings (SSSR count). The molecule has 0 aromatic heterocycles. The fourth-order valence-electron chi connectivity index (χ4n) is 1.70. The van der Waals surface area contributed by atoms with Crippen molar-refractivity contribution in [1.29, 1.82) is 0 Å². The third kappa shape index (κ3) is 2.74. The van der Waals surface area contributed by atoms with Gasteiger partial charge in [-0.05, 0) is 31.2 Å². The largest absolute Gasteiger partial charge is 0.268 e. The maximum atomic E-state index is 12.5. The summed E-state index contributed by atoms with van der Waals surface area (Å²) in [7, 11) is -2.09. The Morgan fingerprint density at radius 2 is 1.58 bits per heavy atom. The Balaban J connectivity index is 2.45. The second kappa shape index (κ2) is 5.23. The van der Waals surface area contributed by atoms with Crippen molar-refractivity contribution in [2.45, 2.75) is 11.8 Å². The Morgan fingerprint density at radius 1 is 1.00 bits per heavy atom. The normalized spacial score (nSPS) is 11.3. The Morgan fingerprint density at radius 3 is 2.16 bits per heavy atom. The van der Waals surface area contributed by atoms with Crippen LogP contribution in [-0.2, 0) is 10.0 Å². The fourth-order valence-corrected chi connectivity index (χ4v) is 3.23. The molecule has 0 aliphatic carbocycles. The Hall–Kier alpha value is -1.52. The molecule has 0 unspecified atom stereocenters. The van der Waals surface area contributed by atoms with Crippen molar-refractivity contribution < 1.29 is 8.42 Å². The molecule has 3 nitrogen and oxygen atoms in total. The molecule has 2 aromatic rings. The lowest BCUT2D eigenvalue weighted by Gasteiger charge is -2.20. The summed E-state index contributed by atoms with van der Waals surface area (Å²) in [6.07, 6.45) is 0. The molecular formula is C14H14ClNO2S. The predicted octanol–water partition coefficient (Wildman–Crippen LogP) is 3.47. The van der Waals surface area contributed by atoms with Crippen LogP contribution in [0.15, 0.2) is 53.4 Å². The van der Waals surface area contributed by atoms with Crippen molar-refractivity contribution in [3.63, 3.8) is 0 Å². The standard InChI is InChI=1S/C14H14ClNO2S/c1-11-7-9-12(10-8-11)19(17,18)16(2)14-6-4-3-5-13(14)15/h3-10H,1-2H3. The maximum Gasteiger partial charge on any atom is 0.264 e. The topological polar surface area (TPSA) is 37.4 Å². The molecule has 100 valence electrons. The smallest absolute Gasteiger partial charge is 0.264 e. The van der Waals surface area contributed by atoms with E-state index in [9.17, 15) is 8.42 Å². The van der Waals surface area contributed by atoms with Gasteiger partial charge in [-0.1, -0.05) is 41.4 Å². The lowest BCUT2D eigenvalue weighted by Crippen LogP contribution is -2.26. The fraction of sp³-hybridized carbons (Fsp3) is 0.143. The van der Waals surface area contributed by atoms with Gasteiger partial charge in [0, 0.05) is 7.05 Å². The van der Waals surface area contributed by atoms with Gasteiger partial charge in [0.1, 0.15) is 0 Å². The van der Waals surface area contributed by atoms with Crippen LogP contribution in [0.3, 0.4) is 0 Å². The van der Waals surface area contributed by atoms with Crippen LogP contribution in [0.2, 0.25) is 5.02 Å². The molecule has 0 saturated carbocycles. The molecule has 0 atom stereocenters. The minimum Gasteiger partial charge on any atom is -0.268 e. The van der Waals surface area contributed by atoms with Crippen molar-refractivity contribution in [2.24, 2.45) is 0 Å². The number of sulfonamides is 1. The van der Waals surface area contributed by atoms with Crippen LogP contribution in [0.4, 0.5) is 5.69 Å². The summed E-state index contributed by atoms with van der Waals surface area (Å²) in [5.41, 5.74) is 1.48. The van der Waals surface area contributed by atoms with E-state index in [1.165, 1.54) is 11.4 Å². The highest BCUT2D eigenvalue weighted by atomic mass is 35.5. The molecule has 0 aliphatic heterocycles. The monoisotopic (exact) mass is 295 g/mol. The van der Waals surface area contributed by atoms with Gasteiger partial charge < -0.3 is 0 Å². The number of nitrogens with zero attached hydrogens (tertiary/aromatic N) is 1. The van der Waals surface area contributed by atoms with Crippen LogP contribution in [0.5, 0.6) is 0 Å². The first-order chi connectivity index (χ1) is 8.93. The van der Waals surface area contributed by atoms with Gasteiger partial charge in [-0.15, -0.1) is 0 Å². The van der Waals surface area contributed by atoms with E-state index in [2.05, 4.69) is 0 Å². The van der Waals surface area contributed by atoms with Crippen molar-refractivity contribution in [3.05, 3.63) is 59.1 Å². The predicted molar refractivity (Wildman–Crippen MR) is 78.2 cm³/mol. The lowest BCUT2D eigenvalue weighted by molar-refractivity contribution is 0.594. The van der Waals surface area contributed by atoms with E-state index < -0.39 is 10.0 Å². The van der Waals surface area contributed by atoms with Crippen LogP contribution < -0.4 is 4.31 Å². The van der Waals surface area contributed by atoms with Gasteiger partial charge >= 0.3 is 0 Å². The third-order valence-electron chi connectivity index (χ3n) is 2.87. The molecule has 0 spiro atoms. The maximum absolute atomic E-state index is 12.5. The zero-order valence-corrected chi connectivity index (χ0v) is 12.2. The van der Waals surface area contributed by atoms with E-state index in [1.807, 2.05) is 6.92 Å². The average Bonchev–Trinajstić information content (AvgIpc) is 2.39. The zero-order valence-electron chi connectivity index (χ0n) is 10.7. The van der Waals surface area contributed by atoms with Crippen molar-refractivity contribution >= 4 is 27.3 Å². The van der Waals surface area contributed by atoms with Crippen molar-refractivity contribution in [1.82, 2.24) is 0 Å². The van der Waals surface area contributed by atoms with Gasteiger partial charge in [0.25, 0.3) is 10.0 Å². The molecule has 5 heteroatoms. The number of rotatable bonds is 3. The molecule has 0 bridgehead atoms. The first-order valence-electron chi connectivity index (χ1n) is 5.73. The number of hydrogen-bond acceptors (Lipinski definition) is 2. The highest BCUT2D eigenvalue weighted by Crippen LogP contribution is 2.28. The molecule has 19 heavy (non-hydrogen) atoms. The quantitative estimate of drug-likeness (QED) is 0.869. The van der Waals surface area contributed by atoms with Crippen LogP contribution in [0.25, 0.3) is 0 Å².